The average Bonchev–Trinajstić information content (AvgIpc) is 3.33. The molecule has 0 radical (unpaired) electrons. The maximum atomic E-state index is 12.7. The van der Waals surface area contributed by atoms with Crippen molar-refractivity contribution in [2.24, 2.45) is 39.7 Å². The molecule has 0 unspecified atom stereocenters. The van der Waals surface area contributed by atoms with E-state index in [1.54, 1.807) is 0 Å². The molecule has 9 nitrogen and oxygen atoms in total. The molecule has 2 aromatic rings. The number of carbonyl (C=O) groups is 1. The van der Waals surface area contributed by atoms with Crippen LogP contribution >= 0.6 is 0 Å². The summed E-state index contributed by atoms with van der Waals surface area (Å²) < 4.78 is 5.47. The Morgan fingerprint density at radius 3 is 2.76 bits per heavy atom. The van der Waals surface area contributed by atoms with Crippen molar-refractivity contribution in [1.29, 1.82) is 0 Å². The second-order valence-corrected chi connectivity index (χ2v) is 15.0. The van der Waals surface area contributed by atoms with E-state index in [-0.39, 0.29) is 24.0 Å². The van der Waals surface area contributed by atoms with E-state index in [0.717, 1.165) is 85.8 Å². The first-order chi connectivity index (χ1) is 21.6. The fraction of sp³-hybridized carbons (Fsp3) is 0.694. The number of carbonyl (C=O) groups excluding carboxylic acids is 1. The Labute approximate surface area is 267 Å². The van der Waals surface area contributed by atoms with Crippen molar-refractivity contribution >= 4 is 28.3 Å². The van der Waals surface area contributed by atoms with Gasteiger partial charge in [-0.2, -0.15) is 0 Å². The van der Waals surface area contributed by atoms with Crippen LogP contribution in [0.1, 0.15) is 77.2 Å². The van der Waals surface area contributed by atoms with Crippen LogP contribution in [0.4, 0.5) is 5.69 Å². The summed E-state index contributed by atoms with van der Waals surface area (Å²) in [7, 11) is 4.05. The van der Waals surface area contributed by atoms with Gasteiger partial charge in [0.2, 0.25) is 0 Å². The summed E-state index contributed by atoms with van der Waals surface area (Å²) in [6.07, 6.45) is 10.5. The van der Waals surface area contributed by atoms with E-state index in [2.05, 4.69) is 34.5 Å². The van der Waals surface area contributed by atoms with Gasteiger partial charge in [0.15, 0.2) is 6.61 Å². The zero-order valence-corrected chi connectivity index (χ0v) is 27.6. The maximum absolute atomic E-state index is 12.7. The maximum Gasteiger partial charge on any atom is 0.336 e. The van der Waals surface area contributed by atoms with Gasteiger partial charge in [-0.3, -0.25) is 4.79 Å². The molecular weight excluding hydrogens is 568 g/mol. The molecule has 0 saturated heterocycles. The van der Waals surface area contributed by atoms with Gasteiger partial charge in [0.05, 0.1) is 11.8 Å². The average molecular weight is 621 g/mol. The van der Waals surface area contributed by atoms with E-state index in [0.29, 0.717) is 35.8 Å². The van der Waals surface area contributed by atoms with Gasteiger partial charge in [-0.15, -0.1) is 0 Å². The molecule has 0 aliphatic heterocycles. The summed E-state index contributed by atoms with van der Waals surface area (Å²) in [5, 5.41) is 22.1. The van der Waals surface area contributed by atoms with Gasteiger partial charge in [-0.1, -0.05) is 19.0 Å². The van der Waals surface area contributed by atoms with Gasteiger partial charge >= 0.3 is 5.63 Å². The van der Waals surface area contributed by atoms with Crippen LogP contribution in [0, 0.1) is 34.5 Å². The molecule has 45 heavy (non-hydrogen) atoms. The van der Waals surface area contributed by atoms with Gasteiger partial charge in [0.1, 0.15) is 5.58 Å². The Kier molecular flexibility index (Phi) is 9.31. The van der Waals surface area contributed by atoms with Crippen molar-refractivity contribution < 1.29 is 19.2 Å². The second kappa shape index (κ2) is 13.1. The lowest BCUT2D eigenvalue weighted by Crippen LogP contribution is -2.54. The van der Waals surface area contributed by atoms with Crippen LogP contribution < -0.4 is 16.3 Å². The van der Waals surface area contributed by atoms with E-state index in [4.69, 9.17) is 9.25 Å². The number of oxime groups is 1. The summed E-state index contributed by atoms with van der Waals surface area (Å²) in [5.74, 6) is 2.54. The highest BCUT2D eigenvalue weighted by atomic mass is 16.6. The minimum atomic E-state index is -0.398. The van der Waals surface area contributed by atoms with Crippen LogP contribution in [0.5, 0.6) is 0 Å². The molecule has 1 aromatic heterocycles. The van der Waals surface area contributed by atoms with Crippen molar-refractivity contribution in [3.63, 3.8) is 0 Å². The standard InChI is InChI=1S/C36H52N4O5/c1-35-14-11-26(41)20-24(35)5-7-28-29-9-10-32(36(29,2)15-12-30(28)35)39-44-22-33(42)38-16-13-23-19-34(43)45-31-21-25(6-8-27(23)31)37-17-18-40(3)4/h6,8,19,21,24,26,28-30,37,41H,5,7,9-18,20,22H2,1-4H3,(H,38,42)/b39-32-/t24-,26+,28-,29-,30-,35-,36-/m0/s1. The van der Waals surface area contributed by atoms with Gasteiger partial charge in [0, 0.05) is 48.3 Å². The van der Waals surface area contributed by atoms with E-state index < -0.39 is 5.63 Å². The van der Waals surface area contributed by atoms with E-state index in [1.807, 2.05) is 32.3 Å². The molecule has 1 aromatic carbocycles. The number of nitrogens with one attached hydrogen (secondary N) is 2. The molecule has 3 N–H and O–H groups in total. The quantitative estimate of drug-likeness (QED) is 0.247. The molecule has 0 bridgehead atoms. The molecule has 0 spiro atoms. The molecule has 4 aliphatic carbocycles. The molecule has 1 amide bonds. The van der Waals surface area contributed by atoms with Crippen molar-refractivity contribution in [1.82, 2.24) is 10.2 Å². The van der Waals surface area contributed by atoms with Gasteiger partial charge in [-0.05, 0) is 125 Å². The first kappa shape index (κ1) is 32.0. The van der Waals surface area contributed by atoms with Crippen molar-refractivity contribution in [2.75, 3.05) is 45.7 Å². The van der Waals surface area contributed by atoms with E-state index in [9.17, 15) is 14.7 Å². The molecule has 4 aliphatic rings. The molecule has 4 saturated carbocycles. The summed E-state index contributed by atoms with van der Waals surface area (Å²) >= 11 is 0. The van der Waals surface area contributed by atoms with Crippen LogP contribution in [-0.2, 0) is 16.1 Å². The number of likely N-dealkylation sites (N-methyl/N-ethyl adjacent to an activating group) is 1. The van der Waals surface area contributed by atoms with Crippen LogP contribution in [0.25, 0.3) is 11.0 Å². The number of nitrogens with zero attached hydrogens (tertiary/aromatic N) is 2. The summed E-state index contributed by atoms with van der Waals surface area (Å²) in [4.78, 5) is 32.7. The molecule has 1 heterocycles. The molecule has 246 valence electrons. The lowest BCUT2D eigenvalue weighted by atomic mass is 9.45. The molecule has 4 fully saturated rings. The normalized spacial score (nSPS) is 33.5. The van der Waals surface area contributed by atoms with E-state index >= 15 is 0 Å². The first-order valence-corrected chi connectivity index (χ1v) is 17.2. The number of anilines is 1. The minimum absolute atomic E-state index is 0.0478. The summed E-state index contributed by atoms with van der Waals surface area (Å²) in [6, 6.07) is 7.31. The number of fused-ring (bicyclic) bond motifs is 6. The van der Waals surface area contributed by atoms with Crippen LogP contribution in [0.15, 0.2) is 38.6 Å². The lowest BCUT2D eigenvalue weighted by Gasteiger charge is -2.60. The number of aliphatic hydroxyl groups excluding tert-OH is 1. The third kappa shape index (κ3) is 6.53. The van der Waals surface area contributed by atoms with Crippen molar-refractivity contribution in [3.8, 4) is 0 Å². The Hall–Kier alpha value is -2.91. The highest BCUT2D eigenvalue weighted by molar-refractivity contribution is 5.92. The second-order valence-electron chi connectivity index (χ2n) is 15.0. The van der Waals surface area contributed by atoms with Gasteiger partial charge in [0.25, 0.3) is 5.91 Å². The lowest BCUT2D eigenvalue weighted by molar-refractivity contribution is -0.125. The predicted octanol–water partition coefficient (Wildman–Crippen LogP) is 5.20. The third-order valence-corrected chi connectivity index (χ3v) is 12.2. The molecule has 6 rings (SSSR count). The third-order valence-electron chi connectivity index (χ3n) is 12.2. The smallest absolute Gasteiger partial charge is 0.336 e. The highest BCUT2D eigenvalue weighted by Crippen LogP contribution is 2.65. The summed E-state index contributed by atoms with van der Waals surface area (Å²) in [5.41, 5.74) is 3.42. The number of rotatable bonds is 10. The SMILES string of the molecule is CN(C)CCNc1ccc2c(CCNC(=O)CO/N=C3/CC[C@H]4[C@@H]5CC[C@H]6C[C@H](O)CC[C@]6(C)[C@H]5CC[C@]34C)cc(=O)oc2c1. The van der Waals surface area contributed by atoms with Gasteiger partial charge in [-0.25, -0.2) is 4.79 Å². The van der Waals surface area contributed by atoms with Crippen LogP contribution in [0.2, 0.25) is 0 Å². The Morgan fingerprint density at radius 2 is 1.93 bits per heavy atom. The van der Waals surface area contributed by atoms with Crippen molar-refractivity contribution in [3.05, 3.63) is 40.2 Å². The Bertz CT molecular complexity index is 1470. The Morgan fingerprint density at radius 1 is 1.09 bits per heavy atom. The zero-order chi connectivity index (χ0) is 31.8. The molecule has 9 heteroatoms. The number of benzene rings is 1. The molecular formula is C36H52N4O5. The fourth-order valence-electron chi connectivity index (χ4n) is 9.70. The van der Waals surface area contributed by atoms with Crippen LogP contribution in [-0.4, -0.2) is 68.1 Å². The minimum Gasteiger partial charge on any atom is -0.423 e. The zero-order valence-electron chi connectivity index (χ0n) is 27.6. The fourth-order valence-corrected chi connectivity index (χ4v) is 9.70. The monoisotopic (exact) mass is 620 g/mol. The number of hydrogen-bond donors (Lipinski definition) is 3. The van der Waals surface area contributed by atoms with Gasteiger partial charge < -0.3 is 29.9 Å². The highest BCUT2D eigenvalue weighted by Gasteiger charge is 2.59. The number of aliphatic hydroxyl groups is 1. The number of hydrogen-bond acceptors (Lipinski definition) is 8. The first-order valence-electron chi connectivity index (χ1n) is 17.2. The topological polar surface area (TPSA) is 116 Å². The van der Waals surface area contributed by atoms with Crippen molar-refractivity contribution in [2.45, 2.75) is 84.2 Å². The largest absolute Gasteiger partial charge is 0.423 e. The van der Waals surface area contributed by atoms with Crippen LogP contribution in [0.3, 0.4) is 0 Å². The number of amides is 1. The molecule has 7 atom stereocenters. The Balaban J connectivity index is 1.00. The predicted molar refractivity (Wildman–Crippen MR) is 177 cm³/mol. The summed E-state index contributed by atoms with van der Waals surface area (Å²) in [6.45, 7) is 6.86. The van der Waals surface area contributed by atoms with E-state index in [1.165, 1.54) is 25.3 Å².